The number of hydrogen-bond donors (Lipinski definition) is 1. The van der Waals surface area contributed by atoms with Gasteiger partial charge >= 0.3 is 5.91 Å². The maximum atomic E-state index is 12.1. The van der Waals surface area contributed by atoms with Crippen molar-refractivity contribution in [1.29, 1.82) is 0 Å². The van der Waals surface area contributed by atoms with E-state index in [0.29, 0.717) is 5.56 Å². The van der Waals surface area contributed by atoms with Crippen molar-refractivity contribution in [1.82, 2.24) is 0 Å². The van der Waals surface area contributed by atoms with Gasteiger partial charge in [-0.15, -0.1) is 5.43 Å². The Labute approximate surface area is 107 Å². The smallest absolute Gasteiger partial charge is 0.264 e. The molecule has 0 bridgehead atoms. The molecule has 0 unspecified atom stereocenters. The zero-order valence-corrected chi connectivity index (χ0v) is 10.9. The summed E-state index contributed by atoms with van der Waals surface area (Å²) in [6, 6.07) is 9.59. The van der Waals surface area contributed by atoms with Crippen molar-refractivity contribution in [3.63, 3.8) is 0 Å². The zero-order valence-electron chi connectivity index (χ0n) is 10.9. The number of carbonyl (C=O) groups is 1. The Morgan fingerprint density at radius 3 is 2.56 bits per heavy atom. The molecule has 0 aliphatic heterocycles. The molecule has 0 fully saturated rings. The Kier molecular flexibility index (Phi) is 3.42. The van der Waals surface area contributed by atoms with E-state index in [1.165, 1.54) is 5.56 Å². The van der Waals surface area contributed by atoms with Crippen molar-refractivity contribution in [3.8, 4) is 0 Å². The summed E-state index contributed by atoms with van der Waals surface area (Å²) in [6.07, 6.45) is 3.69. The van der Waals surface area contributed by atoms with Crippen LogP contribution in [0.4, 0.5) is 0 Å². The lowest BCUT2D eigenvalue weighted by molar-refractivity contribution is -0.641. The molecule has 3 heteroatoms. The predicted octanol–water partition coefficient (Wildman–Crippen LogP) is 2.28. The molecule has 18 heavy (non-hydrogen) atoms. The number of pyridine rings is 1. The van der Waals surface area contributed by atoms with Gasteiger partial charge in [-0.3, -0.25) is 4.79 Å². The van der Waals surface area contributed by atoms with Gasteiger partial charge in [0, 0.05) is 17.2 Å². The number of benzene rings is 1. The van der Waals surface area contributed by atoms with Gasteiger partial charge in [-0.2, -0.15) is 0 Å². The molecule has 1 heterocycles. The molecule has 1 aromatic heterocycles. The van der Waals surface area contributed by atoms with Crippen LogP contribution < -0.4 is 10.1 Å². The number of hydrogen-bond acceptors (Lipinski definition) is 1. The number of aromatic nitrogens is 1. The molecule has 0 saturated heterocycles. The number of carbonyl (C=O) groups excluding carboxylic acids is 1. The van der Waals surface area contributed by atoms with Crippen molar-refractivity contribution in [2.75, 3.05) is 5.43 Å². The van der Waals surface area contributed by atoms with Crippen LogP contribution in [0.5, 0.6) is 0 Å². The fourth-order valence-corrected chi connectivity index (χ4v) is 1.73. The molecule has 1 N–H and O–H groups in total. The Morgan fingerprint density at radius 1 is 1.11 bits per heavy atom. The third kappa shape index (κ3) is 2.74. The second-order valence-electron chi connectivity index (χ2n) is 4.53. The van der Waals surface area contributed by atoms with E-state index in [1.54, 1.807) is 4.68 Å². The van der Waals surface area contributed by atoms with Crippen LogP contribution >= 0.6 is 0 Å². The molecule has 0 spiro atoms. The van der Waals surface area contributed by atoms with E-state index < -0.39 is 0 Å². The lowest BCUT2D eigenvalue weighted by Crippen LogP contribution is -2.47. The van der Waals surface area contributed by atoms with E-state index in [1.807, 2.05) is 63.5 Å². The molecular formula is C15H17N2O+. The SMILES string of the molecule is Cc1ccc[n+](NC(=O)c2ccc(C)c(C)c2)c1. The van der Waals surface area contributed by atoms with Gasteiger partial charge in [-0.25, -0.2) is 0 Å². The molecule has 0 saturated carbocycles. The van der Waals surface area contributed by atoms with Gasteiger partial charge in [-0.05, 0) is 50.1 Å². The Bertz CT molecular complexity index is 591. The van der Waals surface area contributed by atoms with E-state index in [2.05, 4.69) is 5.43 Å². The van der Waals surface area contributed by atoms with Crippen LogP contribution in [-0.4, -0.2) is 5.91 Å². The van der Waals surface area contributed by atoms with Crippen LogP contribution in [0.15, 0.2) is 42.7 Å². The quantitative estimate of drug-likeness (QED) is 0.804. The molecule has 1 amide bonds. The van der Waals surface area contributed by atoms with Crippen molar-refractivity contribution >= 4 is 5.91 Å². The fraction of sp³-hybridized carbons (Fsp3) is 0.200. The standard InChI is InChI=1S/C15H16N2O/c1-11-5-4-8-17(10-11)16-15(18)14-7-6-12(2)13(3)9-14/h4-10H,1-3H3/p+1. The van der Waals surface area contributed by atoms with E-state index in [0.717, 1.165) is 11.1 Å². The normalized spacial score (nSPS) is 10.2. The van der Waals surface area contributed by atoms with Gasteiger partial charge in [0.25, 0.3) is 0 Å². The first-order valence-electron chi connectivity index (χ1n) is 5.93. The van der Waals surface area contributed by atoms with Crippen LogP contribution in [0.1, 0.15) is 27.0 Å². The highest BCUT2D eigenvalue weighted by Crippen LogP contribution is 2.09. The second-order valence-corrected chi connectivity index (χ2v) is 4.53. The van der Waals surface area contributed by atoms with Gasteiger partial charge in [0.1, 0.15) is 0 Å². The first-order valence-corrected chi connectivity index (χ1v) is 5.93. The summed E-state index contributed by atoms with van der Waals surface area (Å²) in [5.41, 5.74) is 6.90. The number of amides is 1. The Morgan fingerprint density at radius 2 is 1.89 bits per heavy atom. The average molecular weight is 241 g/mol. The molecule has 3 nitrogen and oxygen atoms in total. The lowest BCUT2D eigenvalue weighted by atomic mass is 10.1. The molecule has 1 aromatic carbocycles. The van der Waals surface area contributed by atoms with Crippen LogP contribution in [0.25, 0.3) is 0 Å². The summed E-state index contributed by atoms with van der Waals surface area (Å²) in [4.78, 5) is 12.1. The topological polar surface area (TPSA) is 33.0 Å². The van der Waals surface area contributed by atoms with Gasteiger partial charge in [0.05, 0.1) is 0 Å². The van der Waals surface area contributed by atoms with Gasteiger partial charge in [-0.1, -0.05) is 10.7 Å². The summed E-state index contributed by atoms with van der Waals surface area (Å²) >= 11 is 0. The summed E-state index contributed by atoms with van der Waals surface area (Å²) < 4.78 is 1.67. The summed E-state index contributed by atoms with van der Waals surface area (Å²) in [6.45, 7) is 6.02. The van der Waals surface area contributed by atoms with Crippen molar-refractivity contribution in [2.45, 2.75) is 20.8 Å². The van der Waals surface area contributed by atoms with Crippen LogP contribution in [0, 0.1) is 20.8 Å². The van der Waals surface area contributed by atoms with Crippen molar-refractivity contribution in [3.05, 3.63) is 65.0 Å². The highest BCUT2D eigenvalue weighted by Gasteiger charge is 2.11. The summed E-state index contributed by atoms with van der Waals surface area (Å²) in [7, 11) is 0. The lowest BCUT2D eigenvalue weighted by Gasteiger charge is -2.03. The monoisotopic (exact) mass is 241 g/mol. The molecule has 0 radical (unpaired) electrons. The highest BCUT2D eigenvalue weighted by molar-refractivity contribution is 5.99. The molecular weight excluding hydrogens is 224 g/mol. The molecule has 0 atom stereocenters. The third-order valence-corrected chi connectivity index (χ3v) is 2.95. The molecule has 2 aromatic rings. The predicted molar refractivity (Wildman–Crippen MR) is 71.0 cm³/mol. The number of rotatable bonds is 2. The van der Waals surface area contributed by atoms with Crippen LogP contribution in [0.2, 0.25) is 0 Å². The maximum absolute atomic E-state index is 12.1. The van der Waals surface area contributed by atoms with Gasteiger partial charge < -0.3 is 0 Å². The van der Waals surface area contributed by atoms with E-state index in [4.69, 9.17) is 0 Å². The van der Waals surface area contributed by atoms with E-state index >= 15 is 0 Å². The summed E-state index contributed by atoms with van der Waals surface area (Å²) in [5.74, 6) is -0.103. The van der Waals surface area contributed by atoms with Gasteiger partial charge in [0.2, 0.25) is 6.20 Å². The van der Waals surface area contributed by atoms with Crippen LogP contribution in [-0.2, 0) is 0 Å². The number of nitrogens with one attached hydrogen (secondary N) is 1. The second kappa shape index (κ2) is 5.00. The Balaban J connectivity index is 2.19. The van der Waals surface area contributed by atoms with E-state index in [9.17, 15) is 4.79 Å². The fourth-order valence-electron chi connectivity index (χ4n) is 1.73. The van der Waals surface area contributed by atoms with Gasteiger partial charge in [0.15, 0.2) is 6.20 Å². The average Bonchev–Trinajstić information content (AvgIpc) is 2.32. The van der Waals surface area contributed by atoms with Crippen molar-refractivity contribution in [2.24, 2.45) is 0 Å². The maximum Gasteiger partial charge on any atom is 0.305 e. The minimum absolute atomic E-state index is 0.103. The molecule has 2 rings (SSSR count). The first-order chi connectivity index (χ1) is 8.56. The minimum Gasteiger partial charge on any atom is -0.264 e. The molecule has 0 aliphatic rings. The third-order valence-electron chi connectivity index (χ3n) is 2.95. The van der Waals surface area contributed by atoms with E-state index in [-0.39, 0.29) is 5.91 Å². The van der Waals surface area contributed by atoms with Crippen LogP contribution in [0.3, 0.4) is 0 Å². The first kappa shape index (κ1) is 12.3. The minimum atomic E-state index is -0.103. The largest absolute Gasteiger partial charge is 0.305 e. The highest BCUT2D eigenvalue weighted by atomic mass is 16.2. The zero-order chi connectivity index (χ0) is 13.1. The summed E-state index contributed by atoms with van der Waals surface area (Å²) in [5, 5.41) is 0. The Hall–Kier alpha value is -2.16. The number of aryl methyl sites for hydroxylation is 3. The molecule has 0 aliphatic carbocycles. The number of nitrogens with zero attached hydrogens (tertiary/aromatic N) is 1. The molecule has 92 valence electrons. The van der Waals surface area contributed by atoms with Crippen molar-refractivity contribution < 1.29 is 9.47 Å².